The highest BCUT2D eigenvalue weighted by Gasteiger charge is 2.33. The van der Waals surface area contributed by atoms with Crippen LogP contribution in [0.5, 0.6) is 0 Å². The van der Waals surface area contributed by atoms with Crippen LogP contribution in [0, 0.1) is 13.8 Å². The summed E-state index contributed by atoms with van der Waals surface area (Å²) < 4.78 is 16.9. The van der Waals surface area contributed by atoms with Crippen molar-refractivity contribution in [2.75, 3.05) is 26.8 Å². The van der Waals surface area contributed by atoms with Gasteiger partial charge in [0.1, 0.15) is 5.76 Å². The van der Waals surface area contributed by atoms with Crippen LogP contribution in [0.3, 0.4) is 0 Å². The number of rotatable bonds is 4. The lowest BCUT2D eigenvalue weighted by Crippen LogP contribution is -2.53. The summed E-state index contributed by atoms with van der Waals surface area (Å²) in [4.78, 5) is 6.76. The molecule has 1 aromatic rings. The second-order valence-corrected chi connectivity index (χ2v) is 5.87. The van der Waals surface area contributed by atoms with Crippen LogP contribution in [-0.2, 0) is 16.0 Å². The Bertz CT molecular complexity index is 409. The van der Waals surface area contributed by atoms with E-state index in [1.54, 1.807) is 7.11 Å². The van der Waals surface area contributed by atoms with Crippen molar-refractivity contribution in [3.05, 3.63) is 17.3 Å². The predicted octanol–water partition coefficient (Wildman–Crippen LogP) is 1.92. The van der Waals surface area contributed by atoms with Crippen LogP contribution in [0.4, 0.5) is 0 Å². The van der Waals surface area contributed by atoms with Gasteiger partial charge in [-0.3, -0.25) is 4.90 Å². The number of aromatic nitrogens is 1. The van der Waals surface area contributed by atoms with E-state index in [2.05, 4.69) is 23.7 Å². The van der Waals surface area contributed by atoms with Gasteiger partial charge in [-0.05, 0) is 27.7 Å². The van der Waals surface area contributed by atoms with Crippen molar-refractivity contribution in [1.29, 1.82) is 0 Å². The molecule has 0 aliphatic carbocycles. The minimum absolute atomic E-state index is 0.103. The molecule has 0 N–H and O–H groups in total. The van der Waals surface area contributed by atoms with Crippen LogP contribution in [0.25, 0.3) is 0 Å². The molecule has 0 saturated carbocycles. The molecule has 0 aromatic carbocycles. The fourth-order valence-corrected chi connectivity index (χ4v) is 2.61. The summed E-state index contributed by atoms with van der Waals surface area (Å²) in [6, 6.07) is 0. The number of hydrogen-bond donors (Lipinski definition) is 0. The molecule has 2 rings (SSSR count). The van der Waals surface area contributed by atoms with Crippen LogP contribution in [0.2, 0.25) is 0 Å². The van der Waals surface area contributed by atoms with Crippen molar-refractivity contribution in [3.63, 3.8) is 0 Å². The molecule has 1 aliphatic heterocycles. The summed E-state index contributed by atoms with van der Waals surface area (Å²) in [6.07, 6.45) is 0.103. The largest absolute Gasteiger partial charge is 0.444 e. The van der Waals surface area contributed by atoms with Crippen molar-refractivity contribution in [2.45, 2.75) is 45.9 Å². The monoisotopic (exact) mass is 268 g/mol. The summed E-state index contributed by atoms with van der Waals surface area (Å²) >= 11 is 0. The molecular weight excluding hydrogens is 244 g/mol. The number of hydrogen-bond acceptors (Lipinski definition) is 5. The van der Waals surface area contributed by atoms with E-state index in [-0.39, 0.29) is 11.7 Å². The molecule has 0 amide bonds. The molecule has 1 saturated heterocycles. The van der Waals surface area contributed by atoms with Gasteiger partial charge >= 0.3 is 0 Å². The first kappa shape index (κ1) is 14.5. The van der Waals surface area contributed by atoms with Gasteiger partial charge in [0.25, 0.3) is 0 Å². The smallest absolute Gasteiger partial charge is 0.208 e. The van der Waals surface area contributed by atoms with Gasteiger partial charge in [-0.2, -0.15) is 0 Å². The van der Waals surface area contributed by atoms with Crippen molar-refractivity contribution < 1.29 is 13.9 Å². The van der Waals surface area contributed by atoms with Gasteiger partial charge in [0.15, 0.2) is 0 Å². The summed E-state index contributed by atoms with van der Waals surface area (Å²) in [5, 5.41) is 0. The SMILES string of the molecule is COC[C@H]1CN(Cc2nc(C)c(C)o2)CC(C)(C)O1. The number of ether oxygens (including phenoxy) is 2. The summed E-state index contributed by atoms with van der Waals surface area (Å²) in [5.41, 5.74) is 0.800. The van der Waals surface area contributed by atoms with Gasteiger partial charge in [-0.1, -0.05) is 0 Å². The molecular formula is C14H24N2O3. The number of morpholine rings is 1. The van der Waals surface area contributed by atoms with E-state index in [9.17, 15) is 0 Å². The topological polar surface area (TPSA) is 47.7 Å². The van der Waals surface area contributed by atoms with E-state index in [0.717, 1.165) is 37.0 Å². The molecule has 19 heavy (non-hydrogen) atoms. The van der Waals surface area contributed by atoms with Crippen LogP contribution in [0.15, 0.2) is 4.42 Å². The average molecular weight is 268 g/mol. The van der Waals surface area contributed by atoms with Crippen molar-refractivity contribution in [2.24, 2.45) is 0 Å². The highest BCUT2D eigenvalue weighted by Crippen LogP contribution is 2.23. The lowest BCUT2D eigenvalue weighted by molar-refractivity contribution is -0.155. The predicted molar refractivity (Wildman–Crippen MR) is 72.1 cm³/mol. The Morgan fingerprint density at radius 3 is 2.74 bits per heavy atom. The summed E-state index contributed by atoms with van der Waals surface area (Å²) in [6.45, 7) is 11.2. The van der Waals surface area contributed by atoms with Gasteiger partial charge in [0.2, 0.25) is 5.89 Å². The zero-order valence-corrected chi connectivity index (χ0v) is 12.5. The van der Waals surface area contributed by atoms with E-state index in [1.165, 1.54) is 0 Å². The lowest BCUT2D eigenvalue weighted by Gasteiger charge is -2.42. The Hall–Kier alpha value is -0.910. The first-order valence-electron chi connectivity index (χ1n) is 6.71. The van der Waals surface area contributed by atoms with Crippen LogP contribution >= 0.6 is 0 Å². The highest BCUT2D eigenvalue weighted by molar-refractivity contribution is 5.05. The highest BCUT2D eigenvalue weighted by atomic mass is 16.5. The molecule has 1 atom stereocenters. The van der Waals surface area contributed by atoms with Crippen LogP contribution < -0.4 is 0 Å². The Morgan fingerprint density at radius 2 is 2.16 bits per heavy atom. The Labute approximate surface area is 114 Å². The first-order chi connectivity index (χ1) is 8.89. The number of methoxy groups -OCH3 is 1. The Kier molecular flexibility index (Phi) is 4.28. The quantitative estimate of drug-likeness (QED) is 0.835. The summed E-state index contributed by atoms with van der Waals surface area (Å²) in [7, 11) is 1.70. The number of aryl methyl sites for hydroxylation is 2. The fraction of sp³-hybridized carbons (Fsp3) is 0.786. The van der Waals surface area contributed by atoms with Gasteiger partial charge in [-0.25, -0.2) is 4.98 Å². The van der Waals surface area contributed by atoms with Crippen molar-refractivity contribution in [1.82, 2.24) is 9.88 Å². The van der Waals surface area contributed by atoms with Gasteiger partial charge in [0, 0.05) is 20.2 Å². The molecule has 1 aromatic heterocycles. The maximum atomic E-state index is 5.99. The molecule has 1 fully saturated rings. The number of nitrogens with zero attached hydrogens (tertiary/aromatic N) is 2. The lowest BCUT2D eigenvalue weighted by atomic mass is 10.1. The molecule has 5 heteroatoms. The molecule has 0 unspecified atom stereocenters. The average Bonchev–Trinajstić information content (AvgIpc) is 2.55. The molecule has 0 spiro atoms. The van der Waals surface area contributed by atoms with E-state index < -0.39 is 0 Å². The van der Waals surface area contributed by atoms with Crippen molar-refractivity contribution >= 4 is 0 Å². The van der Waals surface area contributed by atoms with Gasteiger partial charge < -0.3 is 13.9 Å². The third-order valence-corrected chi connectivity index (χ3v) is 3.34. The minimum Gasteiger partial charge on any atom is -0.444 e. The molecule has 0 bridgehead atoms. The third kappa shape index (κ3) is 3.78. The molecule has 2 heterocycles. The van der Waals surface area contributed by atoms with Gasteiger partial charge in [0.05, 0.1) is 30.6 Å². The standard InChI is InChI=1S/C14H24N2O3/c1-10-11(2)18-13(15-10)7-16-6-12(8-17-5)19-14(3,4)9-16/h12H,6-9H2,1-5H3/t12-/m1/s1. The zero-order valence-electron chi connectivity index (χ0n) is 12.5. The molecule has 108 valence electrons. The Morgan fingerprint density at radius 1 is 1.42 bits per heavy atom. The fourth-order valence-electron chi connectivity index (χ4n) is 2.61. The first-order valence-corrected chi connectivity index (χ1v) is 6.71. The van der Waals surface area contributed by atoms with Crippen LogP contribution in [0.1, 0.15) is 31.2 Å². The second-order valence-electron chi connectivity index (χ2n) is 5.87. The van der Waals surface area contributed by atoms with Gasteiger partial charge in [-0.15, -0.1) is 0 Å². The molecule has 0 radical (unpaired) electrons. The van der Waals surface area contributed by atoms with Crippen molar-refractivity contribution in [3.8, 4) is 0 Å². The third-order valence-electron chi connectivity index (χ3n) is 3.34. The maximum absolute atomic E-state index is 5.99. The van der Waals surface area contributed by atoms with E-state index in [0.29, 0.717) is 6.61 Å². The van der Waals surface area contributed by atoms with E-state index in [1.807, 2.05) is 13.8 Å². The minimum atomic E-state index is -0.169. The normalized spacial score (nSPS) is 23.7. The van der Waals surface area contributed by atoms with Crippen LogP contribution in [-0.4, -0.2) is 48.4 Å². The maximum Gasteiger partial charge on any atom is 0.208 e. The molecule has 1 aliphatic rings. The van der Waals surface area contributed by atoms with E-state index in [4.69, 9.17) is 13.9 Å². The van der Waals surface area contributed by atoms with E-state index >= 15 is 0 Å². The zero-order chi connectivity index (χ0) is 14.0. The second kappa shape index (κ2) is 5.61. The number of oxazole rings is 1. The Balaban J connectivity index is 2.02. The summed E-state index contributed by atoms with van der Waals surface area (Å²) in [5.74, 6) is 1.68. The molecule has 5 nitrogen and oxygen atoms in total.